The molecule has 0 amide bonds. The maximum Gasteiger partial charge on any atom is 0.191 e. The molecule has 2 aliphatic rings. The van der Waals surface area contributed by atoms with Crippen molar-refractivity contribution in [2.24, 2.45) is 4.99 Å². The molecule has 2 heterocycles. The SMILES string of the molecule is CN=C(NCC(C)N1CCOCC1C)NC1CCN(c2ccccc2)C1. The highest BCUT2D eigenvalue weighted by atomic mass is 16.5. The highest BCUT2D eigenvalue weighted by Gasteiger charge is 2.25. The van der Waals surface area contributed by atoms with Crippen molar-refractivity contribution in [2.75, 3.05) is 51.3 Å². The van der Waals surface area contributed by atoms with Crippen molar-refractivity contribution in [1.29, 1.82) is 0 Å². The molecule has 2 N–H and O–H groups in total. The normalized spacial score (nSPS) is 26.0. The van der Waals surface area contributed by atoms with Gasteiger partial charge in [-0.25, -0.2) is 0 Å². The number of rotatable bonds is 5. The largest absolute Gasteiger partial charge is 0.379 e. The van der Waals surface area contributed by atoms with E-state index < -0.39 is 0 Å². The van der Waals surface area contributed by atoms with Gasteiger partial charge in [0.05, 0.1) is 13.2 Å². The predicted molar refractivity (Wildman–Crippen MR) is 108 cm³/mol. The predicted octanol–water partition coefficient (Wildman–Crippen LogP) is 1.54. The summed E-state index contributed by atoms with van der Waals surface area (Å²) in [6.07, 6.45) is 1.13. The first-order valence-corrected chi connectivity index (χ1v) is 9.78. The number of benzene rings is 1. The summed E-state index contributed by atoms with van der Waals surface area (Å²) in [6.45, 7) is 10.2. The highest BCUT2D eigenvalue weighted by Crippen LogP contribution is 2.19. The van der Waals surface area contributed by atoms with Crippen LogP contribution in [-0.4, -0.2) is 75.4 Å². The van der Waals surface area contributed by atoms with E-state index >= 15 is 0 Å². The zero-order chi connectivity index (χ0) is 18.4. The van der Waals surface area contributed by atoms with Gasteiger partial charge in [-0.1, -0.05) is 18.2 Å². The molecule has 2 aliphatic heterocycles. The van der Waals surface area contributed by atoms with E-state index in [2.05, 4.69) is 69.6 Å². The van der Waals surface area contributed by atoms with Crippen LogP contribution in [0.2, 0.25) is 0 Å². The summed E-state index contributed by atoms with van der Waals surface area (Å²) in [4.78, 5) is 9.36. The third-order valence-electron chi connectivity index (χ3n) is 5.42. The van der Waals surface area contributed by atoms with E-state index in [0.717, 1.165) is 51.8 Å². The number of hydrogen-bond acceptors (Lipinski definition) is 4. The van der Waals surface area contributed by atoms with E-state index in [4.69, 9.17) is 4.74 Å². The monoisotopic (exact) mass is 359 g/mol. The van der Waals surface area contributed by atoms with Gasteiger partial charge in [0.15, 0.2) is 5.96 Å². The Hall–Kier alpha value is -1.79. The van der Waals surface area contributed by atoms with Gasteiger partial charge in [-0.3, -0.25) is 9.89 Å². The Kier molecular flexibility index (Phi) is 6.74. The number of morpholine rings is 1. The summed E-state index contributed by atoms with van der Waals surface area (Å²) in [5.41, 5.74) is 1.30. The molecule has 0 saturated carbocycles. The molecule has 6 heteroatoms. The minimum atomic E-state index is 0.430. The van der Waals surface area contributed by atoms with E-state index in [-0.39, 0.29) is 0 Å². The average molecular weight is 360 g/mol. The van der Waals surface area contributed by atoms with Gasteiger partial charge >= 0.3 is 0 Å². The standard InChI is InChI=1S/C20H33N5O/c1-16(25-11-12-26-15-17(25)2)13-22-20(21-3)23-18-9-10-24(14-18)19-7-5-4-6-8-19/h4-8,16-18H,9-15H2,1-3H3,(H2,21,22,23). The van der Waals surface area contributed by atoms with Crippen LogP contribution in [0.3, 0.4) is 0 Å². The lowest BCUT2D eigenvalue weighted by molar-refractivity contribution is -0.0174. The minimum Gasteiger partial charge on any atom is -0.379 e. The zero-order valence-electron chi connectivity index (χ0n) is 16.3. The number of aliphatic imine (C=N–C) groups is 1. The number of nitrogens with zero attached hydrogens (tertiary/aromatic N) is 3. The van der Waals surface area contributed by atoms with Crippen LogP contribution in [0.1, 0.15) is 20.3 Å². The Morgan fingerprint density at radius 1 is 1.31 bits per heavy atom. The van der Waals surface area contributed by atoms with Gasteiger partial charge in [0.1, 0.15) is 0 Å². The fraction of sp³-hybridized carbons (Fsp3) is 0.650. The van der Waals surface area contributed by atoms with Gasteiger partial charge in [-0.05, 0) is 32.4 Å². The third kappa shape index (κ3) is 4.89. The first kappa shape index (κ1) is 19.0. The molecule has 0 aromatic heterocycles. The van der Waals surface area contributed by atoms with Gasteiger partial charge < -0.3 is 20.3 Å². The molecule has 0 aliphatic carbocycles. The number of ether oxygens (including phenoxy) is 1. The molecule has 26 heavy (non-hydrogen) atoms. The van der Waals surface area contributed by atoms with Gasteiger partial charge in [0.2, 0.25) is 0 Å². The first-order valence-electron chi connectivity index (χ1n) is 9.78. The Morgan fingerprint density at radius 2 is 2.12 bits per heavy atom. The molecule has 3 atom stereocenters. The second kappa shape index (κ2) is 9.24. The second-order valence-electron chi connectivity index (χ2n) is 7.38. The summed E-state index contributed by atoms with van der Waals surface area (Å²) in [6, 6.07) is 12.0. The molecule has 3 unspecified atom stereocenters. The van der Waals surface area contributed by atoms with Crippen molar-refractivity contribution >= 4 is 11.6 Å². The fourth-order valence-corrected chi connectivity index (χ4v) is 3.90. The summed E-state index contributed by atoms with van der Waals surface area (Å²) in [5, 5.41) is 7.10. The van der Waals surface area contributed by atoms with Gasteiger partial charge in [-0.2, -0.15) is 0 Å². The zero-order valence-corrected chi connectivity index (χ0v) is 16.3. The van der Waals surface area contributed by atoms with Crippen LogP contribution in [0.5, 0.6) is 0 Å². The van der Waals surface area contributed by atoms with Crippen molar-refractivity contribution in [1.82, 2.24) is 15.5 Å². The lowest BCUT2D eigenvalue weighted by atomic mass is 10.2. The summed E-state index contributed by atoms with van der Waals surface area (Å²) in [5.74, 6) is 0.901. The summed E-state index contributed by atoms with van der Waals surface area (Å²) < 4.78 is 5.54. The van der Waals surface area contributed by atoms with E-state index in [1.807, 2.05) is 7.05 Å². The highest BCUT2D eigenvalue weighted by molar-refractivity contribution is 5.80. The van der Waals surface area contributed by atoms with Crippen LogP contribution < -0.4 is 15.5 Å². The van der Waals surface area contributed by atoms with Crippen molar-refractivity contribution in [3.63, 3.8) is 0 Å². The Balaban J connectivity index is 1.45. The second-order valence-corrected chi connectivity index (χ2v) is 7.38. The van der Waals surface area contributed by atoms with Crippen LogP contribution in [-0.2, 0) is 4.74 Å². The van der Waals surface area contributed by atoms with Gasteiger partial charge in [0.25, 0.3) is 0 Å². The molecule has 6 nitrogen and oxygen atoms in total. The Labute approximate surface area is 157 Å². The molecule has 1 aromatic rings. The molecule has 0 spiro atoms. The van der Waals surface area contributed by atoms with E-state index in [9.17, 15) is 0 Å². The molecule has 2 fully saturated rings. The number of hydrogen-bond donors (Lipinski definition) is 2. The summed E-state index contributed by atoms with van der Waals surface area (Å²) in [7, 11) is 1.85. The van der Waals surface area contributed by atoms with Crippen molar-refractivity contribution in [3.8, 4) is 0 Å². The van der Waals surface area contributed by atoms with Gasteiger partial charge in [0, 0.05) is 57.0 Å². The number of anilines is 1. The fourth-order valence-electron chi connectivity index (χ4n) is 3.90. The molecule has 0 bridgehead atoms. The molecule has 1 aromatic carbocycles. The topological polar surface area (TPSA) is 52.1 Å². The lowest BCUT2D eigenvalue weighted by Gasteiger charge is -2.38. The first-order chi connectivity index (χ1) is 12.7. The average Bonchev–Trinajstić information content (AvgIpc) is 3.14. The van der Waals surface area contributed by atoms with Crippen LogP contribution in [0.25, 0.3) is 0 Å². The summed E-state index contributed by atoms with van der Waals surface area (Å²) >= 11 is 0. The smallest absolute Gasteiger partial charge is 0.191 e. The number of para-hydroxylation sites is 1. The maximum absolute atomic E-state index is 5.54. The van der Waals surface area contributed by atoms with Crippen molar-refractivity contribution in [3.05, 3.63) is 30.3 Å². The van der Waals surface area contributed by atoms with Crippen molar-refractivity contribution in [2.45, 2.75) is 38.4 Å². The molecular weight excluding hydrogens is 326 g/mol. The number of nitrogens with one attached hydrogen (secondary N) is 2. The minimum absolute atomic E-state index is 0.430. The van der Waals surface area contributed by atoms with E-state index in [0.29, 0.717) is 18.1 Å². The Morgan fingerprint density at radius 3 is 2.85 bits per heavy atom. The molecule has 144 valence electrons. The van der Waals surface area contributed by atoms with Gasteiger partial charge in [-0.15, -0.1) is 0 Å². The van der Waals surface area contributed by atoms with Crippen LogP contribution in [0.4, 0.5) is 5.69 Å². The number of guanidine groups is 1. The third-order valence-corrected chi connectivity index (χ3v) is 5.42. The van der Waals surface area contributed by atoms with E-state index in [1.165, 1.54) is 5.69 Å². The lowest BCUT2D eigenvalue weighted by Crippen LogP contribution is -2.53. The molecule has 2 saturated heterocycles. The quantitative estimate of drug-likeness (QED) is 0.617. The van der Waals surface area contributed by atoms with Crippen LogP contribution >= 0.6 is 0 Å². The Bertz CT molecular complexity index is 579. The van der Waals surface area contributed by atoms with Crippen LogP contribution in [0.15, 0.2) is 35.3 Å². The van der Waals surface area contributed by atoms with Crippen LogP contribution in [0, 0.1) is 0 Å². The van der Waals surface area contributed by atoms with Crippen molar-refractivity contribution < 1.29 is 4.74 Å². The molecular formula is C20H33N5O. The molecule has 3 rings (SSSR count). The maximum atomic E-state index is 5.54. The molecule has 0 radical (unpaired) electrons. The van der Waals surface area contributed by atoms with E-state index in [1.54, 1.807) is 0 Å².